The first-order valence-corrected chi connectivity index (χ1v) is 6.59. The van der Waals surface area contributed by atoms with Crippen molar-refractivity contribution >= 4 is 11.8 Å². The maximum atomic E-state index is 5.28. The van der Waals surface area contributed by atoms with Gasteiger partial charge >= 0.3 is 0 Å². The third kappa shape index (κ3) is 3.47. The number of furan rings is 1. The van der Waals surface area contributed by atoms with Crippen LogP contribution in [0.1, 0.15) is 25.3 Å². The lowest BCUT2D eigenvalue weighted by Gasteiger charge is -2.20. The van der Waals surface area contributed by atoms with E-state index < -0.39 is 0 Å². The number of nitrogens with zero attached hydrogens (tertiary/aromatic N) is 3. The van der Waals surface area contributed by atoms with Gasteiger partial charge in [-0.2, -0.15) is 4.98 Å². The molecule has 0 aromatic carbocycles. The van der Waals surface area contributed by atoms with Gasteiger partial charge in [0.15, 0.2) is 0 Å². The van der Waals surface area contributed by atoms with Gasteiger partial charge in [0.25, 0.3) is 0 Å². The molecule has 1 N–H and O–H groups in total. The number of nitrogens with one attached hydrogen (secondary N) is 1. The summed E-state index contributed by atoms with van der Waals surface area (Å²) >= 11 is 0. The van der Waals surface area contributed by atoms with Crippen molar-refractivity contribution in [1.82, 2.24) is 9.97 Å². The lowest BCUT2D eigenvalue weighted by molar-refractivity contribution is 0.517. The zero-order valence-electron chi connectivity index (χ0n) is 11.7. The fourth-order valence-electron chi connectivity index (χ4n) is 1.92. The van der Waals surface area contributed by atoms with Gasteiger partial charge in [0.1, 0.15) is 11.6 Å². The van der Waals surface area contributed by atoms with Crippen molar-refractivity contribution in [3.63, 3.8) is 0 Å². The smallest absolute Gasteiger partial charge is 0.225 e. The number of aromatic nitrogens is 2. The summed E-state index contributed by atoms with van der Waals surface area (Å²) in [6.45, 7) is 8.68. The van der Waals surface area contributed by atoms with E-state index in [9.17, 15) is 0 Å². The predicted octanol–water partition coefficient (Wildman–Crippen LogP) is 2.84. The summed E-state index contributed by atoms with van der Waals surface area (Å²) in [6.07, 6.45) is 1.66. The highest BCUT2D eigenvalue weighted by Crippen LogP contribution is 2.15. The highest BCUT2D eigenvalue weighted by molar-refractivity contribution is 5.44. The minimum absolute atomic E-state index is 0.591. The van der Waals surface area contributed by atoms with Crippen LogP contribution in [0.25, 0.3) is 0 Å². The monoisotopic (exact) mass is 260 g/mol. The van der Waals surface area contributed by atoms with Gasteiger partial charge in [-0.15, -0.1) is 0 Å². The van der Waals surface area contributed by atoms with Crippen LogP contribution in [0.15, 0.2) is 28.9 Å². The molecule has 2 aromatic rings. The first-order chi connectivity index (χ1) is 9.22. The second kappa shape index (κ2) is 6.22. The maximum Gasteiger partial charge on any atom is 0.225 e. The van der Waals surface area contributed by atoms with E-state index in [2.05, 4.69) is 34.0 Å². The van der Waals surface area contributed by atoms with Gasteiger partial charge in [0, 0.05) is 24.8 Å². The van der Waals surface area contributed by atoms with E-state index >= 15 is 0 Å². The van der Waals surface area contributed by atoms with Gasteiger partial charge in [-0.25, -0.2) is 4.98 Å². The Hall–Kier alpha value is -2.04. The molecule has 0 amide bonds. The third-order valence-corrected chi connectivity index (χ3v) is 2.93. The van der Waals surface area contributed by atoms with Gasteiger partial charge in [0.2, 0.25) is 5.95 Å². The normalized spacial score (nSPS) is 10.5. The van der Waals surface area contributed by atoms with Crippen LogP contribution in [-0.4, -0.2) is 23.1 Å². The predicted molar refractivity (Wildman–Crippen MR) is 76.4 cm³/mol. The van der Waals surface area contributed by atoms with Gasteiger partial charge in [-0.3, -0.25) is 0 Å². The Morgan fingerprint density at radius 3 is 2.68 bits per heavy atom. The Bertz CT molecular complexity index is 506. The molecule has 0 spiro atoms. The van der Waals surface area contributed by atoms with Crippen LogP contribution in [0, 0.1) is 6.92 Å². The van der Waals surface area contributed by atoms with Crippen molar-refractivity contribution in [2.45, 2.75) is 27.3 Å². The molecule has 0 bridgehead atoms. The van der Waals surface area contributed by atoms with E-state index in [1.165, 1.54) is 0 Å². The standard InChI is InChI=1S/C14H20N4O/c1-4-18(5-2)13-9-11(3)16-14(17-13)15-10-12-7-6-8-19-12/h6-9H,4-5,10H2,1-3H3,(H,15,16,17). The molecule has 0 radical (unpaired) electrons. The molecule has 0 atom stereocenters. The number of hydrogen-bond acceptors (Lipinski definition) is 5. The van der Waals surface area contributed by atoms with E-state index in [0.717, 1.165) is 30.4 Å². The van der Waals surface area contributed by atoms with Crippen molar-refractivity contribution in [2.75, 3.05) is 23.3 Å². The molecule has 5 nitrogen and oxygen atoms in total. The van der Waals surface area contributed by atoms with Gasteiger partial charge in [0.05, 0.1) is 12.8 Å². The lowest BCUT2D eigenvalue weighted by atomic mass is 10.4. The number of aryl methyl sites for hydroxylation is 1. The molecular weight excluding hydrogens is 240 g/mol. The van der Waals surface area contributed by atoms with E-state index in [0.29, 0.717) is 12.5 Å². The molecule has 2 heterocycles. The second-order valence-corrected chi connectivity index (χ2v) is 4.30. The van der Waals surface area contributed by atoms with Crippen LogP contribution >= 0.6 is 0 Å². The summed E-state index contributed by atoms with van der Waals surface area (Å²) in [7, 11) is 0. The number of anilines is 2. The van der Waals surface area contributed by atoms with Crippen LogP contribution < -0.4 is 10.2 Å². The highest BCUT2D eigenvalue weighted by Gasteiger charge is 2.07. The quantitative estimate of drug-likeness (QED) is 0.865. The fourth-order valence-corrected chi connectivity index (χ4v) is 1.92. The Labute approximate surface area is 113 Å². The second-order valence-electron chi connectivity index (χ2n) is 4.30. The molecule has 5 heteroatoms. The molecule has 19 heavy (non-hydrogen) atoms. The molecular formula is C14H20N4O. The summed E-state index contributed by atoms with van der Waals surface area (Å²) < 4.78 is 5.28. The van der Waals surface area contributed by atoms with Crippen LogP contribution in [0.3, 0.4) is 0 Å². The first-order valence-electron chi connectivity index (χ1n) is 6.59. The van der Waals surface area contributed by atoms with E-state index in [1.54, 1.807) is 6.26 Å². The molecule has 0 aliphatic heterocycles. The number of hydrogen-bond donors (Lipinski definition) is 1. The summed E-state index contributed by atoms with van der Waals surface area (Å²) in [5.74, 6) is 2.47. The van der Waals surface area contributed by atoms with Crippen molar-refractivity contribution in [3.8, 4) is 0 Å². The zero-order valence-corrected chi connectivity index (χ0v) is 11.7. The topological polar surface area (TPSA) is 54.2 Å². The molecule has 102 valence electrons. The van der Waals surface area contributed by atoms with E-state index in [4.69, 9.17) is 4.42 Å². The average Bonchev–Trinajstić information content (AvgIpc) is 2.90. The van der Waals surface area contributed by atoms with Crippen molar-refractivity contribution in [3.05, 3.63) is 35.9 Å². The summed E-state index contributed by atoms with van der Waals surface area (Å²) in [6, 6.07) is 5.80. The molecule has 0 aliphatic carbocycles. The first kappa shape index (κ1) is 13.4. The summed E-state index contributed by atoms with van der Waals surface area (Å²) in [4.78, 5) is 11.1. The van der Waals surface area contributed by atoms with Crippen LogP contribution in [0.4, 0.5) is 11.8 Å². The molecule has 2 aromatic heterocycles. The summed E-state index contributed by atoms with van der Waals surface area (Å²) in [5, 5.41) is 3.19. The Morgan fingerprint density at radius 2 is 2.05 bits per heavy atom. The van der Waals surface area contributed by atoms with Crippen LogP contribution in [0.2, 0.25) is 0 Å². The Morgan fingerprint density at radius 1 is 1.26 bits per heavy atom. The Balaban J connectivity index is 2.12. The highest BCUT2D eigenvalue weighted by atomic mass is 16.3. The maximum absolute atomic E-state index is 5.28. The molecule has 0 unspecified atom stereocenters. The molecule has 2 rings (SSSR count). The van der Waals surface area contributed by atoms with Gasteiger partial charge in [-0.1, -0.05) is 0 Å². The third-order valence-electron chi connectivity index (χ3n) is 2.93. The van der Waals surface area contributed by atoms with Gasteiger partial charge < -0.3 is 14.6 Å². The number of rotatable bonds is 6. The Kier molecular flexibility index (Phi) is 4.39. The SMILES string of the molecule is CCN(CC)c1cc(C)nc(NCc2ccco2)n1. The average molecular weight is 260 g/mol. The summed E-state index contributed by atoms with van der Waals surface area (Å²) in [5.41, 5.74) is 0.957. The van der Waals surface area contributed by atoms with Gasteiger partial charge in [-0.05, 0) is 32.9 Å². The fraction of sp³-hybridized carbons (Fsp3) is 0.429. The zero-order chi connectivity index (χ0) is 13.7. The van der Waals surface area contributed by atoms with Crippen molar-refractivity contribution in [2.24, 2.45) is 0 Å². The molecule has 0 saturated carbocycles. The van der Waals surface area contributed by atoms with Crippen molar-refractivity contribution in [1.29, 1.82) is 0 Å². The van der Waals surface area contributed by atoms with Crippen LogP contribution in [0.5, 0.6) is 0 Å². The largest absolute Gasteiger partial charge is 0.467 e. The minimum atomic E-state index is 0.591. The van der Waals surface area contributed by atoms with Crippen molar-refractivity contribution < 1.29 is 4.42 Å². The van der Waals surface area contributed by atoms with Crippen LogP contribution in [-0.2, 0) is 6.54 Å². The molecule has 0 aliphatic rings. The van der Waals surface area contributed by atoms with E-state index in [1.807, 2.05) is 25.1 Å². The van der Waals surface area contributed by atoms with E-state index in [-0.39, 0.29) is 0 Å². The molecule has 0 fully saturated rings. The minimum Gasteiger partial charge on any atom is -0.467 e. The lowest BCUT2D eigenvalue weighted by Crippen LogP contribution is -2.23. The molecule has 0 saturated heterocycles.